The van der Waals surface area contributed by atoms with Gasteiger partial charge in [-0.05, 0) is 59.7 Å². The number of aryl methyl sites for hydroxylation is 2. The van der Waals surface area contributed by atoms with Gasteiger partial charge in [-0.1, -0.05) is 68.8 Å². The fraction of sp³-hybridized carbons (Fsp3) is 0.290. The van der Waals surface area contributed by atoms with Crippen molar-refractivity contribution in [2.24, 2.45) is 0 Å². The second-order valence-corrected chi connectivity index (χ2v) is 10.8. The van der Waals surface area contributed by atoms with Crippen molar-refractivity contribution in [3.8, 4) is 11.5 Å². The molecule has 1 atom stereocenters. The number of carbonyl (C=O) groups excluding carboxylic acids is 2. The minimum Gasteiger partial charge on any atom is -0.507 e. The average Bonchev–Trinajstić information content (AvgIpc) is 3.43. The number of hydrogen-bond acceptors (Lipinski definition) is 5. The maximum absolute atomic E-state index is 13.5. The largest absolute Gasteiger partial charge is 0.507 e. The summed E-state index contributed by atoms with van der Waals surface area (Å²) in [5.41, 5.74) is 5.38. The zero-order valence-electron chi connectivity index (χ0n) is 21.8. The molecule has 1 fully saturated rings. The van der Waals surface area contributed by atoms with E-state index in [0.29, 0.717) is 17.1 Å². The van der Waals surface area contributed by atoms with E-state index < -0.39 is 17.7 Å². The molecule has 0 aliphatic carbocycles. The van der Waals surface area contributed by atoms with Gasteiger partial charge in [0.25, 0.3) is 11.7 Å². The van der Waals surface area contributed by atoms with E-state index >= 15 is 0 Å². The lowest BCUT2D eigenvalue weighted by Crippen LogP contribution is -2.29. The molecule has 0 radical (unpaired) electrons. The van der Waals surface area contributed by atoms with E-state index in [9.17, 15) is 14.7 Å². The Morgan fingerprint density at radius 3 is 2.35 bits per heavy atom. The second kappa shape index (κ2) is 9.11. The van der Waals surface area contributed by atoms with Crippen molar-refractivity contribution in [3.05, 3.63) is 99.6 Å². The predicted molar refractivity (Wildman–Crippen MR) is 141 cm³/mol. The Morgan fingerprint density at radius 1 is 0.946 bits per heavy atom. The van der Waals surface area contributed by atoms with Gasteiger partial charge < -0.3 is 19.5 Å². The lowest BCUT2D eigenvalue weighted by atomic mass is 9.85. The molecule has 2 aliphatic rings. The molecule has 3 aromatic rings. The van der Waals surface area contributed by atoms with E-state index in [-0.39, 0.29) is 30.1 Å². The van der Waals surface area contributed by atoms with E-state index in [1.807, 2.05) is 56.3 Å². The van der Waals surface area contributed by atoms with Crippen LogP contribution in [0, 0.1) is 13.8 Å². The molecule has 6 heteroatoms. The minimum atomic E-state index is -0.737. The molecule has 1 saturated heterocycles. The Bertz CT molecular complexity index is 1430. The summed E-state index contributed by atoms with van der Waals surface area (Å²) in [5.74, 6) is -0.510. The lowest BCUT2D eigenvalue weighted by molar-refractivity contribution is -0.140. The Balaban J connectivity index is 1.65. The highest BCUT2D eigenvalue weighted by Crippen LogP contribution is 2.42. The maximum Gasteiger partial charge on any atom is 0.295 e. The van der Waals surface area contributed by atoms with Crippen LogP contribution in [0.3, 0.4) is 0 Å². The first-order valence-electron chi connectivity index (χ1n) is 12.4. The number of rotatable bonds is 4. The zero-order valence-corrected chi connectivity index (χ0v) is 21.8. The second-order valence-electron chi connectivity index (χ2n) is 10.8. The number of amides is 1. The Morgan fingerprint density at radius 2 is 1.65 bits per heavy atom. The van der Waals surface area contributed by atoms with Gasteiger partial charge in [0, 0.05) is 12.1 Å². The molecule has 0 spiro atoms. The lowest BCUT2D eigenvalue weighted by Gasteiger charge is -2.27. The summed E-state index contributed by atoms with van der Waals surface area (Å²) in [6.45, 7) is 10.7. The van der Waals surface area contributed by atoms with Crippen LogP contribution in [0.1, 0.15) is 60.2 Å². The number of likely N-dealkylation sites (tertiary alicyclic amines) is 1. The first-order chi connectivity index (χ1) is 17.5. The average molecular weight is 498 g/mol. The summed E-state index contributed by atoms with van der Waals surface area (Å²) in [5, 5.41) is 11.4. The van der Waals surface area contributed by atoms with Crippen molar-refractivity contribution < 1.29 is 24.2 Å². The summed E-state index contributed by atoms with van der Waals surface area (Å²) >= 11 is 0. The molecule has 1 unspecified atom stereocenters. The fourth-order valence-electron chi connectivity index (χ4n) is 4.91. The number of Topliss-reactive ketones (excluding diaryl/α,β-unsaturated/α-hetero) is 1. The van der Waals surface area contributed by atoms with Crippen molar-refractivity contribution >= 4 is 17.4 Å². The number of ketones is 1. The van der Waals surface area contributed by atoms with Crippen molar-refractivity contribution in [2.75, 3.05) is 6.79 Å². The molecule has 1 N–H and O–H groups in total. The molecule has 0 saturated carbocycles. The van der Waals surface area contributed by atoms with Gasteiger partial charge in [0.2, 0.25) is 6.79 Å². The van der Waals surface area contributed by atoms with Crippen molar-refractivity contribution in [3.63, 3.8) is 0 Å². The molecule has 37 heavy (non-hydrogen) atoms. The highest BCUT2D eigenvalue weighted by atomic mass is 16.7. The van der Waals surface area contributed by atoms with Crippen LogP contribution in [0.2, 0.25) is 0 Å². The van der Waals surface area contributed by atoms with Crippen LogP contribution in [-0.2, 0) is 21.5 Å². The maximum atomic E-state index is 13.5. The monoisotopic (exact) mass is 497 g/mol. The quantitative estimate of drug-likeness (QED) is 0.274. The van der Waals surface area contributed by atoms with E-state index in [4.69, 9.17) is 9.47 Å². The van der Waals surface area contributed by atoms with E-state index in [1.54, 1.807) is 23.1 Å². The molecule has 3 aromatic carbocycles. The number of fused-ring (bicyclic) bond motifs is 1. The molecular weight excluding hydrogens is 466 g/mol. The van der Waals surface area contributed by atoms with Crippen LogP contribution in [0.15, 0.2) is 66.2 Å². The molecule has 0 bridgehead atoms. The summed E-state index contributed by atoms with van der Waals surface area (Å²) in [6, 6.07) is 18.3. The Labute approximate surface area is 217 Å². The summed E-state index contributed by atoms with van der Waals surface area (Å²) < 4.78 is 10.8. The van der Waals surface area contributed by atoms with E-state index in [2.05, 4.69) is 20.8 Å². The van der Waals surface area contributed by atoms with Crippen LogP contribution in [-0.4, -0.2) is 28.5 Å². The molecule has 5 rings (SSSR count). The van der Waals surface area contributed by atoms with Gasteiger partial charge in [-0.15, -0.1) is 0 Å². The summed E-state index contributed by atoms with van der Waals surface area (Å²) in [7, 11) is 0. The highest BCUT2D eigenvalue weighted by molar-refractivity contribution is 6.46. The van der Waals surface area contributed by atoms with Gasteiger partial charge >= 0.3 is 0 Å². The minimum absolute atomic E-state index is 0.0501. The molecule has 1 amide bonds. The highest BCUT2D eigenvalue weighted by Gasteiger charge is 2.46. The third kappa shape index (κ3) is 4.48. The number of carbonyl (C=O) groups is 2. The Hall–Kier alpha value is -4.06. The number of aliphatic hydroxyl groups is 1. The van der Waals surface area contributed by atoms with Gasteiger partial charge in [-0.2, -0.15) is 0 Å². The Kier molecular flexibility index (Phi) is 6.06. The molecular formula is C31H31NO5. The van der Waals surface area contributed by atoms with Crippen molar-refractivity contribution in [1.29, 1.82) is 0 Å². The van der Waals surface area contributed by atoms with Gasteiger partial charge in [0.1, 0.15) is 5.76 Å². The smallest absolute Gasteiger partial charge is 0.295 e. The van der Waals surface area contributed by atoms with Crippen LogP contribution >= 0.6 is 0 Å². The first-order valence-corrected chi connectivity index (χ1v) is 12.4. The standard InChI is InChI=1S/C31H31NO5/c1-18-6-7-19(2)22(14-18)16-32-27(20-8-11-23(12-9-20)31(3,4)5)26(29(34)30(32)35)28(33)21-10-13-24-25(15-21)37-17-36-24/h6-15,27,33H,16-17H2,1-5H3/b28-26-. The number of aliphatic hydroxyl groups excluding tert-OH is 1. The molecule has 2 heterocycles. The third-order valence-electron chi connectivity index (χ3n) is 7.12. The zero-order chi connectivity index (χ0) is 26.5. The summed E-state index contributed by atoms with van der Waals surface area (Å²) in [4.78, 5) is 28.5. The first kappa shape index (κ1) is 24.6. The SMILES string of the molecule is Cc1ccc(C)c(CN2C(=O)C(=O)/C(=C(\O)c3ccc4c(c3)OCO4)C2c2ccc(C(C)(C)C)cc2)c1. The van der Waals surface area contributed by atoms with Crippen LogP contribution in [0.4, 0.5) is 0 Å². The van der Waals surface area contributed by atoms with Gasteiger partial charge in [0.05, 0.1) is 11.6 Å². The number of ether oxygens (including phenoxy) is 2. The van der Waals surface area contributed by atoms with E-state index in [1.165, 1.54) is 0 Å². The predicted octanol–water partition coefficient (Wildman–Crippen LogP) is 5.95. The van der Waals surface area contributed by atoms with Gasteiger partial charge in [-0.3, -0.25) is 9.59 Å². The fourth-order valence-corrected chi connectivity index (χ4v) is 4.91. The van der Waals surface area contributed by atoms with Crippen LogP contribution < -0.4 is 9.47 Å². The summed E-state index contributed by atoms with van der Waals surface area (Å²) in [6.07, 6.45) is 0. The molecule has 6 nitrogen and oxygen atoms in total. The van der Waals surface area contributed by atoms with Crippen molar-refractivity contribution in [2.45, 2.75) is 52.6 Å². The van der Waals surface area contributed by atoms with Crippen LogP contribution in [0.5, 0.6) is 11.5 Å². The topological polar surface area (TPSA) is 76.1 Å². The van der Waals surface area contributed by atoms with Gasteiger partial charge in [-0.25, -0.2) is 0 Å². The number of hydrogen-bond donors (Lipinski definition) is 1. The molecule has 0 aromatic heterocycles. The molecule has 190 valence electrons. The van der Waals surface area contributed by atoms with Crippen molar-refractivity contribution in [1.82, 2.24) is 4.90 Å². The number of benzene rings is 3. The van der Waals surface area contributed by atoms with Crippen LogP contribution in [0.25, 0.3) is 5.76 Å². The molecule has 2 aliphatic heterocycles. The third-order valence-corrected chi connectivity index (χ3v) is 7.12. The van der Waals surface area contributed by atoms with E-state index in [0.717, 1.165) is 27.8 Å². The number of nitrogens with zero attached hydrogens (tertiary/aromatic N) is 1. The normalized spacial score (nSPS) is 18.5. The van der Waals surface area contributed by atoms with Gasteiger partial charge in [0.15, 0.2) is 11.5 Å².